The molecule has 2 aromatic heterocycles. The lowest BCUT2D eigenvalue weighted by Gasteiger charge is -2.18. The molecule has 3 heterocycles. The van der Waals surface area contributed by atoms with Crippen LogP contribution in [0, 0.1) is 0 Å². The van der Waals surface area contributed by atoms with Gasteiger partial charge in [0.15, 0.2) is 23.2 Å². The number of hydrogen-bond donors (Lipinski definition) is 4. The van der Waals surface area contributed by atoms with E-state index in [2.05, 4.69) is 39.0 Å². The second-order valence-corrected chi connectivity index (χ2v) is 6.23. The van der Waals surface area contributed by atoms with Gasteiger partial charge in [-0.15, -0.1) is 0 Å². The number of rotatable bonds is 8. The summed E-state index contributed by atoms with van der Waals surface area (Å²) in [6, 6.07) is 0. The van der Waals surface area contributed by atoms with Gasteiger partial charge in [0.05, 0.1) is 12.9 Å². The second-order valence-electron chi connectivity index (χ2n) is 6.23. The Morgan fingerprint density at radius 1 is 1.19 bits per heavy atom. The fraction of sp³-hybridized carbons (Fsp3) is 0.688. The van der Waals surface area contributed by atoms with Crippen LogP contribution >= 0.6 is 0 Å². The van der Waals surface area contributed by atoms with E-state index in [1.54, 1.807) is 4.57 Å². The smallest absolute Gasteiger partial charge is 0.167 e. The van der Waals surface area contributed by atoms with Crippen molar-refractivity contribution in [1.29, 1.82) is 0 Å². The first-order valence-electron chi connectivity index (χ1n) is 8.86. The molecule has 0 unspecified atom stereocenters. The van der Waals surface area contributed by atoms with E-state index >= 15 is 0 Å². The van der Waals surface area contributed by atoms with Crippen LogP contribution in [-0.2, 0) is 4.74 Å². The average Bonchev–Trinajstić information content (AvgIpc) is 3.21. The van der Waals surface area contributed by atoms with Gasteiger partial charge in [0.25, 0.3) is 0 Å². The van der Waals surface area contributed by atoms with E-state index in [0.29, 0.717) is 23.5 Å². The summed E-state index contributed by atoms with van der Waals surface area (Å²) in [7, 11) is 0. The first-order chi connectivity index (χ1) is 12.6. The fourth-order valence-electron chi connectivity index (χ4n) is 3.15. The van der Waals surface area contributed by atoms with Crippen molar-refractivity contribution in [2.75, 3.05) is 38.1 Å². The van der Waals surface area contributed by atoms with Crippen LogP contribution in [0.2, 0.25) is 0 Å². The maximum absolute atomic E-state index is 10.2. The number of fused-ring (bicyclic) bond motifs is 1. The van der Waals surface area contributed by atoms with Gasteiger partial charge in [0.2, 0.25) is 0 Å². The number of nitrogens with zero attached hydrogens (tertiary/aromatic N) is 5. The molecule has 0 aliphatic carbocycles. The molecule has 4 N–H and O–H groups in total. The molecule has 0 spiro atoms. The van der Waals surface area contributed by atoms with Crippen molar-refractivity contribution in [2.24, 2.45) is 0 Å². The van der Waals surface area contributed by atoms with E-state index in [0.717, 1.165) is 19.6 Å². The van der Waals surface area contributed by atoms with Crippen LogP contribution in [0.4, 0.5) is 5.82 Å². The highest BCUT2D eigenvalue weighted by atomic mass is 16.6. The van der Waals surface area contributed by atoms with Crippen molar-refractivity contribution >= 4 is 17.0 Å². The van der Waals surface area contributed by atoms with Gasteiger partial charge in [-0.2, -0.15) is 0 Å². The Labute approximate surface area is 151 Å². The Hall–Kier alpha value is -1.85. The molecule has 144 valence electrons. The largest absolute Gasteiger partial charge is 0.394 e. The molecule has 1 fully saturated rings. The van der Waals surface area contributed by atoms with Crippen molar-refractivity contribution in [3.05, 3.63) is 12.7 Å². The second kappa shape index (κ2) is 8.23. The molecule has 0 amide bonds. The molecule has 0 saturated carbocycles. The highest BCUT2D eigenvalue weighted by Gasteiger charge is 2.44. The van der Waals surface area contributed by atoms with Crippen molar-refractivity contribution in [1.82, 2.24) is 24.4 Å². The number of aliphatic hydroxyl groups is 3. The molecule has 1 aliphatic heterocycles. The number of hydrogen-bond acceptors (Lipinski definition) is 9. The molecule has 10 heteroatoms. The summed E-state index contributed by atoms with van der Waals surface area (Å²) < 4.78 is 7.11. The number of anilines is 1. The quantitative estimate of drug-likeness (QED) is 0.474. The van der Waals surface area contributed by atoms with E-state index < -0.39 is 24.5 Å². The number of aliphatic hydroxyl groups excluding tert-OH is 3. The lowest BCUT2D eigenvalue weighted by molar-refractivity contribution is -0.0511. The summed E-state index contributed by atoms with van der Waals surface area (Å²) >= 11 is 0. The molecule has 4 atom stereocenters. The maximum Gasteiger partial charge on any atom is 0.167 e. The van der Waals surface area contributed by atoms with Gasteiger partial charge in [0.1, 0.15) is 24.6 Å². The Kier molecular flexibility index (Phi) is 5.99. The molecule has 0 radical (unpaired) electrons. The molecular formula is C16H26N6O4. The van der Waals surface area contributed by atoms with Gasteiger partial charge < -0.3 is 30.3 Å². The van der Waals surface area contributed by atoms with E-state index in [-0.39, 0.29) is 6.61 Å². The molecule has 2 aromatic rings. The Morgan fingerprint density at radius 2 is 1.96 bits per heavy atom. The van der Waals surface area contributed by atoms with Crippen LogP contribution in [0.1, 0.15) is 20.1 Å². The van der Waals surface area contributed by atoms with Crippen LogP contribution in [0.5, 0.6) is 0 Å². The summed E-state index contributed by atoms with van der Waals surface area (Å²) in [6.45, 7) is 7.43. The fourth-order valence-corrected chi connectivity index (χ4v) is 3.15. The molecule has 1 saturated heterocycles. The number of likely N-dealkylation sites (N-methyl/N-ethyl adjacent to an activating group) is 1. The predicted octanol–water partition coefficient (Wildman–Crippen LogP) is -0.808. The summed E-state index contributed by atoms with van der Waals surface area (Å²) in [4.78, 5) is 15.1. The molecular weight excluding hydrogens is 340 g/mol. The van der Waals surface area contributed by atoms with Crippen molar-refractivity contribution in [3.63, 3.8) is 0 Å². The van der Waals surface area contributed by atoms with Gasteiger partial charge in [-0.1, -0.05) is 13.8 Å². The van der Waals surface area contributed by atoms with E-state index in [4.69, 9.17) is 4.74 Å². The van der Waals surface area contributed by atoms with Crippen molar-refractivity contribution < 1.29 is 20.1 Å². The number of aromatic nitrogens is 4. The zero-order valence-corrected chi connectivity index (χ0v) is 15.0. The zero-order chi connectivity index (χ0) is 18.7. The highest BCUT2D eigenvalue weighted by molar-refractivity contribution is 5.82. The van der Waals surface area contributed by atoms with Crippen LogP contribution in [0.25, 0.3) is 11.2 Å². The third-order valence-electron chi connectivity index (χ3n) is 4.76. The summed E-state index contributed by atoms with van der Waals surface area (Å²) in [5.74, 6) is 0.604. The van der Waals surface area contributed by atoms with Crippen molar-refractivity contribution in [2.45, 2.75) is 38.4 Å². The van der Waals surface area contributed by atoms with E-state index in [9.17, 15) is 15.3 Å². The molecule has 3 rings (SSSR count). The number of ether oxygens (including phenoxy) is 1. The standard InChI is InChI=1S/C16H26N6O4/c1-3-21(4-2)6-5-17-14-11-15(19-8-18-14)22(9-20-11)16-13(25)12(24)10(7-23)26-16/h8-10,12-13,16,23-25H,3-7H2,1-2H3,(H,17,18,19)/t10-,12-,13-,16-/m1/s1. The first-order valence-corrected chi connectivity index (χ1v) is 8.86. The highest BCUT2D eigenvalue weighted by Crippen LogP contribution is 2.31. The first kappa shape index (κ1) is 18.9. The van der Waals surface area contributed by atoms with Crippen LogP contribution in [-0.4, -0.2) is 90.8 Å². The molecule has 10 nitrogen and oxygen atoms in total. The number of imidazole rings is 1. The third kappa shape index (κ3) is 3.51. The Bertz CT molecular complexity index is 722. The minimum atomic E-state index is -1.18. The van der Waals surface area contributed by atoms with Gasteiger partial charge in [-0.05, 0) is 13.1 Å². The van der Waals surface area contributed by atoms with Gasteiger partial charge >= 0.3 is 0 Å². The monoisotopic (exact) mass is 366 g/mol. The molecule has 0 aromatic carbocycles. The van der Waals surface area contributed by atoms with Crippen LogP contribution in [0.3, 0.4) is 0 Å². The van der Waals surface area contributed by atoms with Gasteiger partial charge in [0, 0.05) is 13.1 Å². The summed E-state index contributed by atoms with van der Waals surface area (Å²) in [5, 5.41) is 32.7. The third-order valence-corrected chi connectivity index (χ3v) is 4.76. The zero-order valence-electron chi connectivity index (χ0n) is 15.0. The van der Waals surface area contributed by atoms with Gasteiger partial charge in [-0.3, -0.25) is 4.57 Å². The van der Waals surface area contributed by atoms with Crippen molar-refractivity contribution in [3.8, 4) is 0 Å². The minimum absolute atomic E-state index is 0.380. The molecule has 1 aliphatic rings. The lowest BCUT2D eigenvalue weighted by Crippen LogP contribution is -2.33. The SMILES string of the molecule is CCN(CC)CCNc1ncnc2c1ncn2[C@@H]1O[C@H](CO)[C@@H](O)[C@H]1O. The predicted molar refractivity (Wildman–Crippen MR) is 94.6 cm³/mol. The Morgan fingerprint density at radius 3 is 2.62 bits per heavy atom. The Balaban J connectivity index is 1.79. The van der Waals surface area contributed by atoms with Crippen LogP contribution < -0.4 is 5.32 Å². The normalized spacial score (nSPS) is 26.1. The van der Waals surface area contributed by atoms with E-state index in [1.807, 2.05) is 0 Å². The number of nitrogens with one attached hydrogen (secondary N) is 1. The summed E-state index contributed by atoms with van der Waals surface area (Å²) in [5.41, 5.74) is 1.05. The molecule has 26 heavy (non-hydrogen) atoms. The van der Waals surface area contributed by atoms with E-state index in [1.165, 1.54) is 12.7 Å². The summed E-state index contributed by atoms with van der Waals surface area (Å²) in [6.07, 6.45) is -1.15. The topological polar surface area (TPSA) is 129 Å². The van der Waals surface area contributed by atoms with Gasteiger partial charge in [-0.25, -0.2) is 15.0 Å². The minimum Gasteiger partial charge on any atom is -0.394 e. The lowest BCUT2D eigenvalue weighted by atomic mass is 10.1. The molecule has 0 bridgehead atoms. The maximum atomic E-state index is 10.2. The average molecular weight is 366 g/mol. The van der Waals surface area contributed by atoms with Crippen LogP contribution in [0.15, 0.2) is 12.7 Å².